The zero-order chi connectivity index (χ0) is 15.2. The number of aryl methyl sites for hydroxylation is 1. The molecule has 21 heavy (non-hydrogen) atoms. The first kappa shape index (κ1) is 14.9. The smallest absolute Gasteiger partial charge is 0.262 e. The minimum Gasteiger partial charge on any atom is -0.482 e. The van der Waals surface area contributed by atoms with Crippen LogP contribution in [0, 0.1) is 18.3 Å². The third-order valence-electron chi connectivity index (χ3n) is 2.72. The first-order valence-electron chi connectivity index (χ1n) is 6.27. The molecule has 2 rings (SSSR count). The molecule has 0 radical (unpaired) electrons. The highest BCUT2D eigenvalue weighted by molar-refractivity contribution is 6.32. The predicted octanol–water partition coefficient (Wildman–Crippen LogP) is 3.54. The molecule has 2 aromatic rings. The van der Waals surface area contributed by atoms with Gasteiger partial charge in [-0.25, -0.2) is 0 Å². The lowest BCUT2D eigenvalue weighted by atomic mass is 10.2. The van der Waals surface area contributed by atoms with Crippen molar-refractivity contribution < 1.29 is 9.53 Å². The van der Waals surface area contributed by atoms with E-state index in [1.54, 1.807) is 18.2 Å². The van der Waals surface area contributed by atoms with Crippen molar-refractivity contribution in [3.05, 3.63) is 58.6 Å². The molecular weight excluding hydrogens is 288 g/mol. The van der Waals surface area contributed by atoms with Crippen molar-refractivity contribution >= 4 is 23.2 Å². The van der Waals surface area contributed by atoms with Crippen molar-refractivity contribution in [2.24, 2.45) is 0 Å². The molecule has 0 atom stereocenters. The summed E-state index contributed by atoms with van der Waals surface area (Å²) < 4.78 is 5.35. The molecule has 0 bridgehead atoms. The lowest BCUT2D eigenvalue weighted by Gasteiger charge is -2.09. The minimum atomic E-state index is -0.277. The van der Waals surface area contributed by atoms with E-state index in [1.165, 1.54) is 6.07 Å². The molecular formula is C16H13ClN2O2. The Hall–Kier alpha value is -2.51. The molecule has 0 aliphatic carbocycles. The molecule has 0 unspecified atom stereocenters. The Bertz CT molecular complexity index is 708. The normalized spacial score (nSPS) is 9.76. The van der Waals surface area contributed by atoms with Gasteiger partial charge in [0.2, 0.25) is 0 Å². The number of anilines is 1. The maximum Gasteiger partial charge on any atom is 0.262 e. The van der Waals surface area contributed by atoms with Crippen LogP contribution in [0.5, 0.6) is 5.75 Å². The monoisotopic (exact) mass is 300 g/mol. The number of benzene rings is 2. The fraction of sp³-hybridized carbons (Fsp3) is 0.125. The fourth-order valence-electron chi connectivity index (χ4n) is 1.75. The van der Waals surface area contributed by atoms with Crippen molar-refractivity contribution in [1.29, 1.82) is 5.26 Å². The van der Waals surface area contributed by atoms with Gasteiger partial charge < -0.3 is 10.1 Å². The number of hydrogen-bond acceptors (Lipinski definition) is 3. The Labute approximate surface area is 127 Å². The highest BCUT2D eigenvalue weighted by Crippen LogP contribution is 2.25. The topological polar surface area (TPSA) is 62.1 Å². The molecule has 0 aliphatic heterocycles. The van der Waals surface area contributed by atoms with E-state index in [2.05, 4.69) is 5.32 Å². The van der Waals surface area contributed by atoms with Gasteiger partial charge in [0.05, 0.1) is 16.7 Å². The zero-order valence-corrected chi connectivity index (χ0v) is 12.1. The number of nitrogens with one attached hydrogen (secondary N) is 1. The highest BCUT2D eigenvalue weighted by Gasteiger charge is 2.07. The van der Waals surface area contributed by atoms with Crippen LogP contribution in [0.4, 0.5) is 5.69 Å². The molecule has 1 N–H and O–H groups in total. The number of nitriles is 1. The summed E-state index contributed by atoms with van der Waals surface area (Å²) in [7, 11) is 0. The van der Waals surface area contributed by atoms with Crippen molar-refractivity contribution in [2.75, 3.05) is 11.9 Å². The standard InChI is InChI=1S/C16H13ClN2O2/c1-11-3-2-4-13(7-11)19-16(20)10-21-15-6-5-12(9-18)8-14(15)17/h2-8H,10H2,1H3,(H,19,20). The molecule has 0 fully saturated rings. The number of rotatable bonds is 4. The van der Waals surface area contributed by atoms with Crippen molar-refractivity contribution in [3.8, 4) is 11.8 Å². The summed E-state index contributed by atoms with van der Waals surface area (Å²) in [5, 5.41) is 11.8. The quantitative estimate of drug-likeness (QED) is 0.939. The fourth-order valence-corrected chi connectivity index (χ4v) is 1.99. The van der Waals surface area contributed by atoms with E-state index in [4.69, 9.17) is 21.6 Å². The van der Waals surface area contributed by atoms with Crippen LogP contribution in [0.2, 0.25) is 5.02 Å². The van der Waals surface area contributed by atoms with Crippen molar-refractivity contribution in [2.45, 2.75) is 6.92 Å². The van der Waals surface area contributed by atoms with Crippen LogP contribution >= 0.6 is 11.6 Å². The van der Waals surface area contributed by atoms with Crippen LogP contribution < -0.4 is 10.1 Å². The lowest BCUT2D eigenvalue weighted by Crippen LogP contribution is -2.20. The van der Waals surface area contributed by atoms with E-state index in [-0.39, 0.29) is 12.5 Å². The second-order valence-electron chi connectivity index (χ2n) is 4.46. The Morgan fingerprint density at radius 2 is 2.14 bits per heavy atom. The summed E-state index contributed by atoms with van der Waals surface area (Å²) in [5.74, 6) is 0.0936. The molecule has 2 aromatic carbocycles. The number of carbonyl (C=O) groups is 1. The summed E-state index contributed by atoms with van der Waals surface area (Å²) in [6, 6.07) is 14.1. The van der Waals surface area contributed by atoms with Crippen LogP contribution in [-0.4, -0.2) is 12.5 Å². The molecule has 0 saturated heterocycles. The van der Waals surface area contributed by atoms with Gasteiger partial charge in [0.15, 0.2) is 6.61 Å². The second-order valence-corrected chi connectivity index (χ2v) is 4.87. The van der Waals surface area contributed by atoms with Gasteiger partial charge in [-0.3, -0.25) is 4.79 Å². The van der Waals surface area contributed by atoms with Gasteiger partial charge in [0.1, 0.15) is 5.75 Å². The zero-order valence-electron chi connectivity index (χ0n) is 11.4. The average molecular weight is 301 g/mol. The van der Waals surface area contributed by atoms with Crippen LogP contribution in [0.25, 0.3) is 0 Å². The van der Waals surface area contributed by atoms with Crippen molar-refractivity contribution in [3.63, 3.8) is 0 Å². The van der Waals surface area contributed by atoms with Gasteiger partial charge in [-0.05, 0) is 42.8 Å². The lowest BCUT2D eigenvalue weighted by molar-refractivity contribution is -0.118. The summed E-state index contributed by atoms with van der Waals surface area (Å²) >= 11 is 5.96. The van der Waals surface area contributed by atoms with Gasteiger partial charge in [-0.15, -0.1) is 0 Å². The summed E-state index contributed by atoms with van der Waals surface area (Å²) in [5.41, 5.74) is 2.22. The Kier molecular flexibility index (Phi) is 4.81. The number of hydrogen-bond donors (Lipinski definition) is 1. The van der Waals surface area contributed by atoms with E-state index < -0.39 is 0 Å². The van der Waals surface area contributed by atoms with E-state index in [0.717, 1.165) is 11.3 Å². The van der Waals surface area contributed by atoms with Crippen molar-refractivity contribution in [1.82, 2.24) is 0 Å². The molecule has 0 saturated carbocycles. The Morgan fingerprint density at radius 1 is 1.33 bits per heavy atom. The van der Waals surface area contributed by atoms with Crippen LogP contribution in [-0.2, 0) is 4.79 Å². The summed E-state index contributed by atoms with van der Waals surface area (Å²) in [4.78, 5) is 11.8. The Morgan fingerprint density at radius 3 is 2.81 bits per heavy atom. The summed E-state index contributed by atoms with van der Waals surface area (Å²) in [6.07, 6.45) is 0. The van der Waals surface area contributed by atoms with E-state index in [1.807, 2.05) is 31.2 Å². The van der Waals surface area contributed by atoms with Gasteiger partial charge in [0.25, 0.3) is 5.91 Å². The maximum absolute atomic E-state index is 11.8. The van der Waals surface area contributed by atoms with Gasteiger partial charge in [-0.2, -0.15) is 5.26 Å². The van der Waals surface area contributed by atoms with Gasteiger partial charge >= 0.3 is 0 Å². The molecule has 0 heterocycles. The number of amides is 1. The Balaban J connectivity index is 1.94. The number of carbonyl (C=O) groups excluding carboxylic acids is 1. The molecule has 4 nitrogen and oxygen atoms in total. The van der Waals surface area contributed by atoms with E-state index in [9.17, 15) is 4.79 Å². The van der Waals surface area contributed by atoms with Crippen LogP contribution in [0.3, 0.4) is 0 Å². The molecule has 0 aromatic heterocycles. The third kappa shape index (κ3) is 4.23. The minimum absolute atomic E-state index is 0.153. The first-order valence-corrected chi connectivity index (χ1v) is 6.65. The number of ether oxygens (including phenoxy) is 1. The van der Waals surface area contributed by atoms with E-state index >= 15 is 0 Å². The molecule has 5 heteroatoms. The molecule has 0 aliphatic rings. The third-order valence-corrected chi connectivity index (χ3v) is 3.02. The first-order chi connectivity index (χ1) is 10.1. The number of halogens is 1. The largest absolute Gasteiger partial charge is 0.482 e. The SMILES string of the molecule is Cc1cccc(NC(=O)COc2ccc(C#N)cc2Cl)c1. The van der Waals surface area contributed by atoms with E-state index in [0.29, 0.717) is 16.3 Å². The molecule has 1 amide bonds. The van der Waals surface area contributed by atoms with Crippen LogP contribution in [0.15, 0.2) is 42.5 Å². The predicted molar refractivity (Wildman–Crippen MR) is 81.5 cm³/mol. The molecule has 0 spiro atoms. The highest BCUT2D eigenvalue weighted by atomic mass is 35.5. The molecule has 106 valence electrons. The van der Waals surface area contributed by atoms with Crippen LogP contribution in [0.1, 0.15) is 11.1 Å². The summed E-state index contributed by atoms with van der Waals surface area (Å²) in [6.45, 7) is 1.79. The van der Waals surface area contributed by atoms with Gasteiger partial charge in [0, 0.05) is 5.69 Å². The maximum atomic E-state index is 11.8. The second kappa shape index (κ2) is 6.78. The average Bonchev–Trinajstić information content (AvgIpc) is 2.46. The van der Waals surface area contributed by atoms with Gasteiger partial charge in [-0.1, -0.05) is 23.7 Å². The number of nitrogens with zero attached hydrogens (tertiary/aromatic N) is 1.